The van der Waals surface area contributed by atoms with E-state index in [9.17, 15) is 0 Å². The zero-order valence-corrected chi connectivity index (χ0v) is 33.6. The van der Waals surface area contributed by atoms with Gasteiger partial charge in [-0.1, -0.05) is 172 Å². The number of benzene rings is 9. The first-order valence-corrected chi connectivity index (χ1v) is 20.9. The first kappa shape index (κ1) is 34.6. The Labute approximate surface area is 350 Å². The second-order valence-corrected chi connectivity index (χ2v) is 16.8. The summed E-state index contributed by atoms with van der Waals surface area (Å²) in [6.07, 6.45) is 0. The molecule has 0 amide bonds. The summed E-state index contributed by atoms with van der Waals surface area (Å²) in [4.78, 5) is 2.44. The predicted molar refractivity (Wildman–Crippen MR) is 249 cm³/mol. The van der Waals surface area contributed by atoms with Crippen molar-refractivity contribution in [1.29, 1.82) is 0 Å². The molecule has 0 atom stereocenters. The molecule has 2 aliphatic carbocycles. The maximum Gasteiger partial charge on any atom is 0.136 e. The highest BCUT2D eigenvalue weighted by atomic mass is 16.3. The van der Waals surface area contributed by atoms with Crippen LogP contribution in [0.4, 0.5) is 17.1 Å². The molecule has 0 unspecified atom stereocenters. The third-order valence-corrected chi connectivity index (χ3v) is 13.3. The van der Waals surface area contributed by atoms with Crippen molar-refractivity contribution >= 4 is 39.0 Å². The highest BCUT2D eigenvalue weighted by Crippen LogP contribution is 2.62. The Morgan fingerprint density at radius 1 is 0.333 bits per heavy atom. The molecule has 0 fully saturated rings. The van der Waals surface area contributed by atoms with E-state index in [2.05, 4.69) is 219 Å². The number of rotatable bonds is 5. The van der Waals surface area contributed by atoms with Gasteiger partial charge in [-0.2, -0.15) is 0 Å². The molecule has 2 nitrogen and oxygen atoms in total. The van der Waals surface area contributed by atoms with Crippen molar-refractivity contribution in [3.8, 4) is 33.4 Å². The highest BCUT2D eigenvalue weighted by Gasteiger charge is 2.53. The fourth-order valence-corrected chi connectivity index (χ4v) is 10.6. The largest absolute Gasteiger partial charge is 0.456 e. The van der Waals surface area contributed by atoms with Crippen LogP contribution in [-0.2, 0) is 10.8 Å². The van der Waals surface area contributed by atoms with Gasteiger partial charge in [0.2, 0.25) is 0 Å². The van der Waals surface area contributed by atoms with Gasteiger partial charge >= 0.3 is 0 Å². The monoisotopic (exact) mass is 767 g/mol. The van der Waals surface area contributed by atoms with E-state index in [1.54, 1.807) is 0 Å². The van der Waals surface area contributed by atoms with Crippen LogP contribution in [0.15, 0.2) is 217 Å². The molecule has 2 heteroatoms. The van der Waals surface area contributed by atoms with E-state index in [0.29, 0.717) is 0 Å². The van der Waals surface area contributed by atoms with E-state index < -0.39 is 5.41 Å². The quantitative estimate of drug-likeness (QED) is 0.173. The van der Waals surface area contributed by atoms with Crippen molar-refractivity contribution < 1.29 is 4.42 Å². The first-order valence-electron chi connectivity index (χ1n) is 20.9. The molecule has 10 aromatic rings. The van der Waals surface area contributed by atoms with E-state index in [1.807, 2.05) is 12.1 Å². The summed E-state index contributed by atoms with van der Waals surface area (Å²) in [5.41, 5.74) is 19.8. The summed E-state index contributed by atoms with van der Waals surface area (Å²) in [6, 6.07) is 78.1. The number of nitrogens with zero attached hydrogens (tertiary/aromatic N) is 1. The Kier molecular flexibility index (Phi) is 7.52. The molecule has 0 saturated carbocycles. The number of para-hydroxylation sites is 1. The fourth-order valence-electron chi connectivity index (χ4n) is 10.6. The first-order chi connectivity index (χ1) is 29.5. The van der Waals surface area contributed by atoms with Gasteiger partial charge < -0.3 is 9.32 Å². The molecular formula is C58H41NO. The lowest BCUT2D eigenvalue weighted by Crippen LogP contribution is -2.40. The predicted octanol–water partition coefficient (Wildman–Crippen LogP) is 15.4. The summed E-state index contributed by atoms with van der Waals surface area (Å²) in [7, 11) is 0. The Hall–Kier alpha value is -7.42. The average molecular weight is 768 g/mol. The maximum absolute atomic E-state index is 6.30. The maximum atomic E-state index is 6.30. The SMILES string of the molecule is CC1(C)c2ccccc2C2(c3ccccc3-c3ccccc32)c2cc(N(c3ccc(-c4ccc5c(c4)oc4ccccc45)cc3)c3cccc(-c4ccccc4)c3)ccc21. The zero-order chi connectivity index (χ0) is 40.0. The number of furan rings is 1. The Balaban J connectivity index is 1.07. The Morgan fingerprint density at radius 3 is 1.63 bits per heavy atom. The molecule has 12 rings (SSSR count). The molecule has 60 heavy (non-hydrogen) atoms. The van der Waals surface area contributed by atoms with Gasteiger partial charge in [-0.25, -0.2) is 0 Å². The molecule has 1 heterocycles. The van der Waals surface area contributed by atoms with Crippen LogP contribution in [0.25, 0.3) is 55.3 Å². The lowest BCUT2D eigenvalue weighted by Gasteiger charge is -2.47. The van der Waals surface area contributed by atoms with E-state index in [4.69, 9.17) is 4.42 Å². The topological polar surface area (TPSA) is 16.4 Å². The minimum atomic E-state index is -0.485. The Morgan fingerprint density at radius 2 is 0.867 bits per heavy atom. The van der Waals surface area contributed by atoms with Crippen LogP contribution in [0.1, 0.15) is 47.2 Å². The van der Waals surface area contributed by atoms with E-state index >= 15 is 0 Å². The van der Waals surface area contributed by atoms with Crippen molar-refractivity contribution in [2.24, 2.45) is 0 Å². The molecule has 1 aromatic heterocycles. The van der Waals surface area contributed by atoms with Crippen LogP contribution in [-0.4, -0.2) is 0 Å². The lowest BCUT2D eigenvalue weighted by atomic mass is 9.55. The van der Waals surface area contributed by atoms with Crippen LogP contribution >= 0.6 is 0 Å². The molecular weight excluding hydrogens is 727 g/mol. The third kappa shape index (κ3) is 4.94. The molecule has 1 spiro atoms. The smallest absolute Gasteiger partial charge is 0.136 e. The normalized spacial score (nSPS) is 14.1. The summed E-state index contributed by atoms with van der Waals surface area (Å²) in [5.74, 6) is 0. The number of anilines is 3. The van der Waals surface area contributed by atoms with Crippen molar-refractivity contribution in [2.75, 3.05) is 4.90 Å². The van der Waals surface area contributed by atoms with Gasteiger partial charge in [0.1, 0.15) is 11.2 Å². The minimum Gasteiger partial charge on any atom is -0.456 e. The average Bonchev–Trinajstić information content (AvgIpc) is 3.83. The number of hydrogen-bond acceptors (Lipinski definition) is 2. The highest BCUT2D eigenvalue weighted by molar-refractivity contribution is 6.06. The van der Waals surface area contributed by atoms with E-state index in [-0.39, 0.29) is 5.41 Å². The molecule has 2 aliphatic rings. The van der Waals surface area contributed by atoms with E-state index in [1.165, 1.54) is 55.6 Å². The summed E-state index contributed by atoms with van der Waals surface area (Å²) < 4.78 is 6.30. The molecule has 284 valence electrons. The third-order valence-electron chi connectivity index (χ3n) is 13.3. The van der Waals surface area contributed by atoms with Crippen LogP contribution in [0, 0.1) is 0 Å². The molecule has 9 aromatic carbocycles. The second-order valence-electron chi connectivity index (χ2n) is 16.8. The van der Waals surface area contributed by atoms with Crippen molar-refractivity contribution in [3.63, 3.8) is 0 Å². The molecule has 0 aliphatic heterocycles. The van der Waals surface area contributed by atoms with Crippen molar-refractivity contribution in [3.05, 3.63) is 246 Å². The number of hydrogen-bond donors (Lipinski definition) is 0. The van der Waals surface area contributed by atoms with E-state index in [0.717, 1.165) is 50.1 Å². The van der Waals surface area contributed by atoms with Gasteiger partial charge in [0.15, 0.2) is 0 Å². The van der Waals surface area contributed by atoms with Crippen LogP contribution in [0.2, 0.25) is 0 Å². The lowest BCUT2D eigenvalue weighted by molar-refractivity contribution is 0.563. The minimum absolute atomic E-state index is 0.219. The van der Waals surface area contributed by atoms with Crippen molar-refractivity contribution in [1.82, 2.24) is 0 Å². The molecule has 0 saturated heterocycles. The summed E-state index contributed by atoms with van der Waals surface area (Å²) >= 11 is 0. The Bertz CT molecular complexity index is 3250. The molecule has 0 bridgehead atoms. The number of fused-ring (bicyclic) bond motifs is 12. The molecule has 0 radical (unpaired) electrons. The van der Waals surface area contributed by atoms with Crippen LogP contribution < -0.4 is 4.90 Å². The fraction of sp³-hybridized carbons (Fsp3) is 0.0690. The van der Waals surface area contributed by atoms with Gasteiger partial charge in [0, 0.05) is 33.2 Å². The second kappa shape index (κ2) is 13.0. The zero-order valence-electron chi connectivity index (χ0n) is 33.6. The van der Waals surface area contributed by atoms with Gasteiger partial charge in [-0.3, -0.25) is 0 Å². The standard InChI is InChI=1S/C58H41NO/c1-57(2)51-24-11-12-25-53(51)58(49-22-9-6-19-45(49)46-20-7-10-23-50(46)58)54-37-44(32-34-52(54)57)59(43-18-14-17-40(35-43)38-15-4-3-5-16-38)42-30-27-39(28-31-42)41-29-33-48-47-21-8-13-26-55(47)60-56(48)36-41/h3-37H,1-2H3. The summed E-state index contributed by atoms with van der Waals surface area (Å²) in [5, 5.41) is 2.28. The van der Waals surface area contributed by atoms with Gasteiger partial charge in [0.05, 0.1) is 5.41 Å². The van der Waals surface area contributed by atoms with Gasteiger partial charge in [0.25, 0.3) is 0 Å². The van der Waals surface area contributed by atoms with Crippen LogP contribution in [0.5, 0.6) is 0 Å². The van der Waals surface area contributed by atoms with Crippen molar-refractivity contribution in [2.45, 2.75) is 24.7 Å². The summed E-state index contributed by atoms with van der Waals surface area (Å²) in [6.45, 7) is 4.79. The van der Waals surface area contributed by atoms with Crippen LogP contribution in [0.3, 0.4) is 0 Å². The molecule has 0 N–H and O–H groups in total. The van der Waals surface area contributed by atoms with Gasteiger partial charge in [-0.05, 0) is 121 Å². The van der Waals surface area contributed by atoms with Gasteiger partial charge in [-0.15, -0.1) is 0 Å².